The molecule has 0 aromatic carbocycles. The maximum atomic E-state index is 9.97. The standard InChI is InChI=1S/C11H23NO/c1-4-11(13,5-2)8-12-7-10-6-9(10)3/h9-10,12-13H,4-8H2,1-3H3. The molecule has 0 aromatic heterocycles. The summed E-state index contributed by atoms with van der Waals surface area (Å²) in [5, 5.41) is 13.3. The summed E-state index contributed by atoms with van der Waals surface area (Å²) >= 11 is 0. The lowest BCUT2D eigenvalue weighted by Crippen LogP contribution is -2.40. The Bertz CT molecular complexity index is 154. The molecule has 2 heteroatoms. The van der Waals surface area contributed by atoms with Gasteiger partial charge in [0.25, 0.3) is 0 Å². The summed E-state index contributed by atoms with van der Waals surface area (Å²) in [5.41, 5.74) is -0.474. The lowest BCUT2D eigenvalue weighted by molar-refractivity contribution is 0.0324. The smallest absolute Gasteiger partial charge is 0.0766 e. The Labute approximate surface area is 81.7 Å². The van der Waals surface area contributed by atoms with E-state index in [0.717, 1.165) is 37.8 Å². The zero-order valence-electron chi connectivity index (χ0n) is 9.14. The fraction of sp³-hybridized carbons (Fsp3) is 1.00. The highest BCUT2D eigenvalue weighted by Gasteiger charge is 2.32. The second-order valence-electron chi connectivity index (χ2n) is 4.54. The minimum atomic E-state index is -0.474. The van der Waals surface area contributed by atoms with Crippen LogP contribution in [-0.2, 0) is 0 Å². The molecule has 1 aliphatic carbocycles. The van der Waals surface area contributed by atoms with Crippen LogP contribution in [0.15, 0.2) is 0 Å². The third-order valence-corrected chi connectivity index (χ3v) is 3.45. The highest BCUT2D eigenvalue weighted by atomic mass is 16.3. The molecule has 2 N–H and O–H groups in total. The molecule has 1 rings (SSSR count). The van der Waals surface area contributed by atoms with Crippen LogP contribution < -0.4 is 5.32 Å². The molecule has 2 atom stereocenters. The Kier molecular flexibility index (Phi) is 3.74. The molecule has 2 nitrogen and oxygen atoms in total. The van der Waals surface area contributed by atoms with Crippen molar-refractivity contribution in [1.82, 2.24) is 5.32 Å². The Morgan fingerprint density at radius 1 is 1.38 bits per heavy atom. The van der Waals surface area contributed by atoms with Crippen LogP contribution in [0.25, 0.3) is 0 Å². The van der Waals surface area contributed by atoms with E-state index >= 15 is 0 Å². The SMILES string of the molecule is CCC(O)(CC)CNCC1CC1C. The molecule has 78 valence electrons. The molecular formula is C11H23NO. The average molecular weight is 185 g/mol. The van der Waals surface area contributed by atoms with Gasteiger partial charge in [0.1, 0.15) is 0 Å². The van der Waals surface area contributed by atoms with Crippen LogP contribution in [0.2, 0.25) is 0 Å². The lowest BCUT2D eigenvalue weighted by Gasteiger charge is -2.25. The van der Waals surface area contributed by atoms with Gasteiger partial charge in [-0.15, -0.1) is 0 Å². The summed E-state index contributed by atoms with van der Waals surface area (Å²) in [4.78, 5) is 0. The fourth-order valence-corrected chi connectivity index (χ4v) is 1.67. The van der Waals surface area contributed by atoms with E-state index in [1.165, 1.54) is 6.42 Å². The lowest BCUT2D eigenvalue weighted by atomic mass is 9.97. The molecular weight excluding hydrogens is 162 g/mol. The van der Waals surface area contributed by atoms with Crippen molar-refractivity contribution in [3.8, 4) is 0 Å². The predicted molar refractivity (Wildman–Crippen MR) is 55.7 cm³/mol. The molecule has 1 saturated carbocycles. The average Bonchev–Trinajstić information content (AvgIpc) is 2.82. The topological polar surface area (TPSA) is 32.3 Å². The van der Waals surface area contributed by atoms with E-state index in [0.29, 0.717) is 0 Å². The molecule has 0 amide bonds. The van der Waals surface area contributed by atoms with Gasteiger partial charge >= 0.3 is 0 Å². The van der Waals surface area contributed by atoms with Crippen molar-refractivity contribution < 1.29 is 5.11 Å². The Balaban J connectivity index is 2.09. The highest BCUT2D eigenvalue weighted by molar-refractivity contribution is 4.86. The second-order valence-corrected chi connectivity index (χ2v) is 4.54. The van der Waals surface area contributed by atoms with Gasteiger partial charge in [0.15, 0.2) is 0 Å². The van der Waals surface area contributed by atoms with Crippen LogP contribution >= 0.6 is 0 Å². The number of aliphatic hydroxyl groups is 1. The Hall–Kier alpha value is -0.0800. The minimum Gasteiger partial charge on any atom is -0.389 e. The van der Waals surface area contributed by atoms with E-state index in [-0.39, 0.29) is 0 Å². The zero-order chi connectivity index (χ0) is 9.90. The quantitative estimate of drug-likeness (QED) is 0.661. The van der Waals surface area contributed by atoms with Crippen LogP contribution in [-0.4, -0.2) is 23.8 Å². The van der Waals surface area contributed by atoms with Gasteiger partial charge < -0.3 is 10.4 Å². The molecule has 0 spiro atoms. The van der Waals surface area contributed by atoms with Gasteiger partial charge in [-0.2, -0.15) is 0 Å². The third kappa shape index (κ3) is 3.28. The van der Waals surface area contributed by atoms with E-state index in [2.05, 4.69) is 12.2 Å². The van der Waals surface area contributed by atoms with Gasteiger partial charge in [0.2, 0.25) is 0 Å². The van der Waals surface area contributed by atoms with Crippen molar-refractivity contribution in [2.24, 2.45) is 11.8 Å². The summed E-state index contributed by atoms with van der Waals surface area (Å²) in [6.07, 6.45) is 3.05. The number of hydrogen-bond acceptors (Lipinski definition) is 2. The molecule has 0 heterocycles. The van der Waals surface area contributed by atoms with Crippen molar-refractivity contribution in [1.29, 1.82) is 0 Å². The van der Waals surface area contributed by atoms with Crippen LogP contribution in [0.4, 0.5) is 0 Å². The van der Waals surface area contributed by atoms with Crippen molar-refractivity contribution in [2.45, 2.75) is 45.6 Å². The third-order valence-electron chi connectivity index (χ3n) is 3.45. The Morgan fingerprint density at radius 3 is 2.31 bits per heavy atom. The largest absolute Gasteiger partial charge is 0.389 e. The van der Waals surface area contributed by atoms with E-state index in [1.54, 1.807) is 0 Å². The number of nitrogens with one attached hydrogen (secondary N) is 1. The summed E-state index contributed by atoms with van der Waals surface area (Å²) < 4.78 is 0. The first-order valence-electron chi connectivity index (χ1n) is 5.54. The van der Waals surface area contributed by atoms with Crippen molar-refractivity contribution in [3.63, 3.8) is 0 Å². The van der Waals surface area contributed by atoms with Crippen LogP contribution in [0.3, 0.4) is 0 Å². The van der Waals surface area contributed by atoms with Gasteiger partial charge in [-0.05, 0) is 37.6 Å². The number of hydrogen-bond donors (Lipinski definition) is 2. The van der Waals surface area contributed by atoms with Gasteiger partial charge in [0, 0.05) is 6.54 Å². The van der Waals surface area contributed by atoms with Crippen LogP contribution in [0.5, 0.6) is 0 Å². The van der Waals surface area contributed by atoms with Crippen molar-refractivity contribution >= 4 is 0 Å². The first-order valence-corrected chi connectivity index (χ1v) is 5.54. The summed E-state index contributed by atoms with van der Waals surface area (Å²) in [6, 6.07) is 0. The van der Waals surface area contributed by atoms with Crippen molar-refractivity contribution in [2.75, 3.05) is 13.1 Å². The first kappa shape index (κ1) is 11.0. The molecule has 0 saturated heterocycles. The number of rotatable bonds is 6. The first-order chi connectivity index (χ1) is 6.11. The normalized spacial score (nSPS) is 27.7. The van der Waals surface area contributed by atoms with Gasteiger partial charge in [-0.25, -0.2) is 0 Å². The van der Waals surface area contributed by atoms with Gasteiger partial charge in [-0.3, -0.25) is 0 Å². The van der Waals surface area contributed by atoms with E-state index < -0.39 is 5.60 Å². The maximum absolute atomic E-state index is 9.97. The molecule has 0 radical (unpaired) electrons. The monoisotopic (exact) mass is 185 g/mol. The zero-order valence-corrected chi connectivity index (χ0v) is 9.14. The van der Waals surface area contributed by atoms with Gasteiger partial charge in [-0.1, -0.05) is 20.8 Å². The van der Waals surface area contributed by atoms with E-state index in [1.807, 2.05) is 13.8 Å². The highest BCUT2D eigenvalue weighted by Crippen LogP contribution is 2.36. The summed E-state index contributed by atoms with van der Waals surface area (Å²) in [7, 11) is 0. The Morgan fingerprint density at radius 2 is 1.92 bits per heavy atom. The molecule has 0 bridgehead atoms. The molecule has 1 fully saturated rings. The molecule has 1 aliphatic rings. The maximum Gasteiger partial charge on any atom is 0.0766 e. The molecule has 13 heavy (non-hydrogen) atoms. The van der Waals surface area contributed by atoms with Crippen LogP contribution in [0, 0.1) is 11.8 Å². The van der Waals surface area contributed by atoms with Gasteiger partial charge in [0.05, 0.1) is 5.60 Å². The van der Waals surface area contributed by atoms with E-state index in [9.17, 15) is 5.11 Å². The molecule has 0 aliphatic heterocycles. The summed E-state index contributed by atoms with van der Waals surface area (Å²) in [5.74, 6) is 1.78. The van der Waals surface area contributed by atoms with Crippen LogP contribution in [0.1, 0.15) is 40.0 Å². The summed E-state index contributed by atoms with van der Waals surface area (Å²) in [6.45, 7) is 8.22. The van der Waals surface area contributed by atoms with E-state index in [4.69, 9.17) is 0 Å². The van der Waals surface area contributed by atoms with Crippen molar-refractivity contribution in [3.05, 3.63) is 0 Å². The molecule has 2 unspecified atom stereocenters. The molecule has 0 aromatic rings. The predicted octanol–water partition coefficient (Wildman–Crippen LogP) is 1.78. The fourth-order valence-electron chi connectivity index (χ4n) is 1.67. The minimum absolute atomic E-state index is 0.474. The second kappa shape index (κ2) is 4.43.